The van der Waals surface area contributed by atoms with Crippen LogP contribution in [-0.4, -0.2) is 21.0 Å². The lowest BCUT2D eigenvalue weighted by Gasteiger charge is -2.27. The van der Waals surface area contributed by atoms with Gasteiger partial charge in [0, 0.05) is 15.9 Å². The zero-order valence-electron chi connectivity index (χ0n) is 11.4. The molecule has 1 atom stereocenters. The van der Waals surface area contributed by atoms with Crippen molar-refractivity contribution in [2.24, 2.45) is 0 Å². The number of rotatable bonds is 3. The predicted octanol–water partition coefficient (Wildman–Crippen LogP) is 4.64. The lowest BCUT2D eigenvalue weighted by molar-refractivity contribution is -0.119. The quantitative estimate of drug-likeness (QED) is 0.314. The summed E-state index contributed by atoms with van der Waals surface area (Å²) < 4.78 is -0.0177. The molecule has 0 aliphatic heterocycles. The second kappa shape index (κ2) is 8.35. The molecule has 1 aromatic carbocycles. The minimum Gasteiger partial charge on any atom is -0.339 e. The van der Waals surface area contributed by atoms with E-state index < -0.39 is 9.96 Å². The number of halogens is 5. The SMILES string of the molecule is CC(=O)NC(NC(=S)Nc1c(C)cc(Br)cc1Br)C(Cl)(Cl)Cl. The van der Waals surface area contributed by atoms with Gasteiger partial charge < -0.3 is 16.0 Å². The van der Waals surface area contributed by atoms with E-state index in [0.717, 1.165) is 20.2 Å². The summed E-state index contributed by atoms with van der Waals surface area (Å²) in [6, 6.07) is 3.80. The normalized spacial score (nSPS) is 12.5. The summed E-state index contributed by atoms with van der Waals surface area (Å²) in [6.07, 6.45) is -0.968. The Hall–Kier alpha value is 0.210. The average Bonchev–Trinajstić information content (AvgIpc) is 2.31. The van der Waals surface area contributed by atoms with Gasteiger partial charge in [-0.2, -0.15) is 0 Å². The molecule has 0 saturated carbocycles. The monoisotopic (exact) mass is 509 g/mol. The van der Waals surface area contributed by atoms with Crippen molar-refractivity contribution in [3.63, 3.8) is 0 Å². The van der Waals surface area contributed by atoms with Crippen molar-refractivity contribution in [2.75, 3.05) is 5.32 Å². The molecule has 0 spiro atoms. The summed E-state index contributed by atoms with van der Waals surface area (Å²) >= 11 is 29.5. The van der Waals surface area contributed by atoms with Crippen LogP contribution < -0.4 is 16.0 Å². The first-order valence-corrected chi connectivity index (χ1v) is 9.00. The highest BCUT2D eigenvalue weighted by molar-refractivity contribution is 9.11. The number of hydrogen-bond acceptors (Lipinski definition) is 2. The fraction of sp³-hybridized carbons (Fsp3) is 0.333. The minimum atomic E-state index is -1.76. The summed E-state index contributed by atoms with van der Waals surface area (Å²) in [5.41, 5.74) is 1.72. The summed E-state index contributed by atoms with van der Waals surface area (Å²) in [7, 11) is 0. The van der Waals surface area contributed by atoms with E-state index >= 15 is 0 Å². The number of aryl methyl sites for hydroxylation is 1. The highest BCUT2D eigenvalue weighted by atomic mass is 79.9. The summed E-state index contributed by atoms with van der Waals surface area (Å²) in [5, 5.41) is 8.46. The first-order chi connectivity index (χ1) is 10.0. The van der Waals surface area contributed by atoms with Crippen LogP contribution in [0.5, 0.6) is 0 Å². The molecule has 1 aromatic rings. The lowest BCUT2D eigenvalue weighted by Crippen LogP contribution is -2.55. The van der Waals surface area contributed by atoms with Crippen molar-refractivity contribution in [3.8, 4) is 0 Å². The van der Waals surface area contributed by atoms with Gasteiger partial charge in [-0.1, -0.05) is 50.7 Å². The molecule has 0 aromatic heterocycles. The molecular formula is C12H12Br2Cl3N3OS. The third kappa shape index (κ3) is 6.37. The molecule has 0 heterocycles. The maximum Gasteiger partial charge on any atom is 0.228 e. The first kappa shape index (κ1) is 20.3. The highest BCUT2D eigenvalue weighted by Gasteiger charge is 2.34. The maximum atomic E-state index is 11.2. The van der Waals surface area contributed by atoms with Gasteiger partial charge in [-0.05, 0) is 52.8 Å². The van der Waals surface area contributed by atoms with Gasteiger partial charge in [-0.3, -0.25) is 4.79 Å². The predicted molar refractivity (Wildman–Crippen MR) is 104 cm³/mol. The Morgan fingerprint density at radius 3 is 2.32 bits per heavy atom. The fourth-order valence-corrected chi connectivity index (χ4v) is 3.63. The summed E-state index contributed by atoms with van der Waals surface area (Å²) in [5.74, 6) is -0.354. The largest absolute Gasteiger partial charge is 0.339 e. The van der Waals surface area contributed by atoms with Crippen molar-refractivity contribution < 1.29 is 4.79 Å². The van der Waals surface area contributed by atoms with Crippen LogP contribution in [-0.2, 0) is 4.79 Å². The van der Waals surface area contributed by atoms with Crippen molar-refractivity contribution in [2.45, 2.75) is 23.8 Å². The molecular weight excluding hydrogens is 500 g/mol. The molecule has 1 rings (SSSR count). The molecule has 1 amide bonds. The highest BCUT2D eigenvalue weighted by Crippen LogP contribution is 2.31. The van der Waals surface area contributed by atoms with Crippen molar-refractivity contribution >= 4 is 95.6 Å². The zero-order chi connectivity index (χ0) is 17.1. The van der Waals surface area contributed by atoms with Crippen LogP contribution in [0.2, 0.25) is 0 Å². The van der Waals surface area contributed by atoms with Gasteiger partial charge in [0.15, 0.2) is 5.11 Å². The molecule has 1 unspecified atom stereocenters. The van der Waals surface area contributed by atoms with E-state index in [4.69, 9.17) is 47.0 Å². The van der Waals surface area contributed by atoms with Gasteiger partial charge in [0.05, 0.1) is 5.69 Å². The number of carbonyl (C=O) groups is 1. The van der Waals surface area contributed by atoms with Crippen LogP contribution in [0.1, 0.15) is 12.5 Å². The summed E-state index contributed by atoms with van der Waals surface area (Å²) in [6.45, 7) is 3.23. The second-order valence-corrected chi connectivity index (χ2v) is 8.90. The lowest BCUT2D eigenvalue weighted by atomic mass is 10.2. The van der Waals surface area contributed by atoms with Crippen LogP contribution in [0.15, 0.2) is 21.1 Å². The van der Waals surface area contributed by atoms with E-state index in [0.29, 0.717) is 0 Å². The van der Waals surface area contributed by atoms with Gasteiger partial charge in [-0.25, -0.2) is 0 Å². The van der Waals surface area contributed by atoms with Crippen molar-refractivity contribution in [1.82, 2.24) is 10.6 Å². The van der Waals surface area contributed by atoms with Crippen LogP contribution >= 0.6 is 78.9 Å². The Morgan fingerprint density at radius 2 is 1.86 bits per heavy atom. The van der Waals surface area contributed by atoms with Gasteiger partial charge in [0.1, 0.15) is 6.17 Å². The topological polar surface area (TPSA) is 53.2 Å². The molecule has 0 bridgehead atoms. The Bertz CT molecular complexity index is 572. The zero-order valence-corrected chi connectivity index (χ0v) is 17.7. The molecule has 0 saturated heterocycles. The third-order valence-corrected chi connectivity index (χ3v) is 4.40. The Balaban J connectivity index is 2.87. The van der Waals surface area contributed by atoms with Crippen LogP contribution in [0.3, 0.4) is 0 Å². The first-order valence-electron chi connectivity index (χ1n) is 5.87. The van der Waals surface area contributed by atoms with E-state index in [-0.39, 0.29) is 11.0 Å². The van der Waals surface area contributed by atoms with Gasteiger partial charge in [-0.15, -0.1) is 0 Å². The van der Waals surface area contributed by atoms with Crippen LogP contribution in [0.4, 0.5) is 5.69 Å². The van der Waals surface area contributed by atoms with Crippen LogP contribution in [0, 0.1) is 6.92 Å². The molecule has 10 heteroatoms. The minimum absolute atomic E-state index is 0.205. The Kier molecular flexibility index (Phi) is 7.69. The number of nitrogens with one attached hydrogen (secondary N) is 3. The number of thiocarbonyl (C=S) groups is 1. The number of carbonyl (C=O) groups excluding carboxylic acids is 1. The molecule has 0 radical (unpaired) electrons. The number of anilines is 1. The second-order valence-electron chi connectivity index (χ2n) is 4.35. The van der Waals surface area contributed by atoms with E-state index in [1.807, 2.05) is 19.1 Å². The molecule has 22 heavy (non-hydrogen) atoms. The third-order valence-electron chi connectivity index (χ3n) is 2.44. The van der Waals surface area contributed by atoms with Gasteiger partial charge in [0.2, 0.25) is 9.70 Å². The molecule has 4 nitrogen and oxygen atoms in total. The Morgan fingerprint density at radius 1 is 1.27 bits per heavy atom. The Labute approximate surface area is 165 Å². The van der Waals surface area contributed by atoms with Gasteiger partial charge in [0.25, 0.3) is 0 Å². The number of benzene rings is 1. The number of alkyl halides is 3. The van der Waals surface area contributed by atoms with Gasteiger partial charge >= 0.3 is 0 Å². The van der Waals surface area contributed by atoms with Crippen LogP contribution in [0.25, 0.3) is 0 Å². The van der Waals surface area contributed by atoms with E-state index in [2.05, 4.69) is 47.8 Å². The molecule has 0 fully saturated rings. The molecule has 0 aliphatic rings. The van der Waals surface area contributed by atoms with E-state index in [9.17, 15) is 4.79 Å². The van der Waals surface area contributed by atoms with Crippen molar-refractivity contribution in [3.05, 3.63) is 26.6 Å². The molecule has 122 valence electrons. The van der Waals surface area contributed by atoms with Crippen molar-refractivity contribution in [1.29, 1.82) is 0 Å². The molecule has 3 N–H and O–H groups in total. The standard InChI is InChI=1S/C12H12Br2Cl3N3OS/c1-5-3-7(13)4-8(14)9(5)19-11(22)20-10(12(15,16)17)18-6(2)21/h3-4,10H,1-2H3,(H,18,21)(H2,19,20,22). The smallest absolute Gasteiger partial charge is 0.228 e. The average molecular weight is 512 g/mol. The number of amides is 1. The van der Waals surface area contributed by atoms with E-state index in [1.165, 1.54) is 6.92 Å². The van der Waals surface area contributed by atoms with E-state index in [1.54, 1.807) is 0 Å². The fourth-order valence-electron chi connectivity index (χ4n) is 1.54. The number of hydrogen-bond donors (Lipinski definition) is 3. The summed E-state index contributed by atoms with van der Waals surface area (Å²) in [4.78, 5) is 11.2. The maximum absolute atomic E-state index is 11.2. The molecule has 0 aliphatic carbocycles.